The standard InChI is InChI=1S/C19H18Cl2N2O5S/c1-23(2)29(26,27)17-11-15(7-8-16(17)21)22-18(24)12-28-19(25)9-6-13-4-3-5-14(20)10-13/h3-11H,12H2,1-2H3,(H,22,24)/b9-6+. The van der Waals surface area contributed by atoms with Crippen molar-refractivity contribution in [2.24, 2.45) is 0 Å². The molecule has 0 bridgehead atoms. The molecule has 154 valence electrons. The molecule has 0 aliphatic carbocycles. The van der Waals surface area contributed by atoms with Crippen LogP contribution in [0.25, 0.3) is 6.08 Å². The van der Waals surface area contributed by atoms with Crippen molar-refractivity contribution in [2.45, 2.75) is 4.90 Å². The number of nitrogens with zero attached hydrogens (tertiary/aromatic N) is 1. The molecule has 0 saturated carbocycles. The zero-order valence-corrected chi connectivity index (χ0v) is 17.9. The van der Waals surface area contributed by atoms with E-state index in [9.17, 15) is 18.0 Å². The average molecular weight is 457 g/mol. The van der Waals surface area contributed by atoms with Crippen LogP contribution < -0.4 is 5.32 Å². The number of esters is 1. The third-order valence-electron chi connectivity index (χ3n) is 3.58. The Morgan fingerprint density at radius 1 is 1.14 bits per heavy atom. The summed E-state index contributed by atoms with van der Waals surface area (Å²) in [6.07, 6.45) is 2.67. The molecule has 0 aliphatic heterocycles. The minimum atomic E-state index is -3.78. The van der Waals surface area contributed by atoms with Gasteiger partial charge in [0.05, 0.1) is 5.02 Å². The fraction of sp³-hybridized carbons (Fsp3) is 0.158. The van der Waals surface area contributed by atoms with Crippen LogP contribution in [0.1, 0.15) is 5.56 Å². The summed E-state index contributed by atoms with van der Waals surface area (Å²) in [5.41, 5.74) is 0.903. The first-order chi connectivity index (χ1) is 13.6. The van der Waals surface area contributed by atoms with Gasteiger partial charge in [-0.2, -0.15) is 0 Å². The Morgan fingerprint density at radius 2 is 1.86 bits per heavy atom. The molecule has 0 heterocycles. The second-order valence-corrected chi connectivity index (χ2v) is 8.94. The number of benzene rings is 2. The second kappa shape index (κ2) is 9.89. The number of carbonyl (C=O) groups is 2. The molecule has 1 amide bonds. The Balaban J connectivity index is 1.96. The molecule has 2 rings (SSSR count). The summed E-state index contributed by atoms with van der Waals surface area (Å²) in [5, 5.41) is 3.01. The highest BCUT2D eigenvalue weighted by atomic mass is 35.5. The van der Waals surface area contributed by atoms with Crippen LogP contribution in [0.3, 0.4) is 0 Å². The molecule has 0 fully saturated rings. The molecular weight excluding hydrogens is 439 g/mol. The van der Waals surface area contributed by atoms with E-state index >= 15 is 0 Å². The van der Waals surface area contributed by atoms with Crippen molar-refractivity contribution in [3.63, 3.8) is 0 Å². The van der Waals surface area contributed by atoms with Crippen molar-refractivity contribution < 1.29 is 22.7 Å². The molecule has 0 radical (unpaired) electrons. The average Bonchev–Trinajstić information content (AvgIpc) is 2.66. The van der Waals surface area contributed by atoms with Crippen LogP contribution in [0.2, 0.25) is 10.0 Å². The van der Waals surface area contributed by atoms with E-state index < -0.39 is 28.5 Å². The summed E-state index contributed by atoms with van der Waals surface area (Å²) >= 11 is 11.8. The van der Waals surface area contributed by atoms with E-state index in [1.807, 2.05) is 0 Å². The third-order valence-corrected chi connectivity index (χ3v) is 6.11. The van der Waals surface area contributed by atoms with Gasteiger partial charge >= 0.3 is 5.97 Å². The van der Waals surface area contributed by atoms with Crippen molar-refractivity contribution in [2.75, 3.05) is 26.0 Å². The lowest BCUT2D eigenvalue weighted by Crippen LogP contribution is -2.23. The number of rotatable bonds is 7. The fourth-order valence-corrected chi connectivity index (χ4v) is 3.72. The first kappa shape index (κ1) is 22.9. The molecule has 0 atom stereocenters. The van der Waals surface area contributed by atoms with Gasteiger partial charge < -0.3 is 10.1 Å². The predicted octanol–water partition coefficient (Wildman–Crippen LogP) is 3.44. The minimum absolute atomic E-state index is 0.0225. The van der Waals surface area contributed by atoms with Crippen LogP contribution in [0, 0.1) is 0 Å². The van der Waals surface area contributed by atoms with E-state index in [4.69, 9.17) is 27.9 Å². The zero-order chi connectivity index (χ0) is 21.6. The van der Waals surface area contributed by atoms with Crippen molar-refractivity contribution in [3.8, 4) is 0 Å². The first-order valence-corrected chi connectivity index (χ1v) is 10.4. The number of hydrogen-bond donors (Lipinski definition) is 1. The molecule has 1 N–H and O–H groups in total. The number of halogens is 2. The number of sulfonamides is 1. The molecule has 0 unspecified atom stereocenters. The van der Waals surface area contributed by atoms with Gasteiger partial charge in [-0.25, -0.2) is 17.5 Å². The first-order valence-electron chi connectivity index (χ1n) is 8.22. The molecule has 2 aromatic carbocycles. The summed E-state index contributed by atoms with van der Waals surface area (Å²) in [4.78, 5) is 23.6. The largest absolute Gasteiger partial charge is 0.452 e. The van der Waals surface area contributed by atoms with Gasteiger partial charge in [0, 0.05) is 30.9 Å². The smallest absolute Gasteiger partial charge is 0.331 e. The topological polar surface area (TPSA) is 92.8 Å². The third kappa shape index (κ3) is 6.57. The van der Waals surface area contributed by atoms with Gasteiger partial charge in [0.15, 0.2) is 6.61 Å². The number of amides is 1. The van der Waals surface area contributed by atoms with Gasteiger partial charge in [-0.05, 0) is 42.0 Å². The summed E-state index contributed by atoms with van der Waals surface area (Å²) in [7, 11) is -1.05. The lowest BCUT2D eigenvalue weighted by atomic mass is 10.2. The monoisotopic (exact) mass is 456 g/mol. The Hall–Kier alpha value is -2.39. The molecule has 0 aromatic heterocycles. The number of anilines is 1. The quantitative estimate of drug-likeness (QED) is 0.508. The normalized spacial score (nSPS) is 11.6. The lowest BCUT2D eigenvalue weighted by molar-refractivity contribution is -0.142. The minimum Gasteiger partial charge on any atom is -0.452 e. The summed E-state index contributed by atoms with van der Waals surface area (Å²) < 4.78 is 30.4. The van der Waals surface area contributed by atoms with Gasteiger partial charge in [0.1, 0.15) is 4.90 Å². The second-order valence-electron chi connectivity index (χ2n) is 5.98. The number of hydrogen-bond acceptors (Lipinski definition) is 5. The lowest BCUT2D eigenvalue weighted by Gasteiger charge is -2.14. The number of carbonyl (C=O) groups excluding carboxylic acids is 2. The van der Waals surface area contributed by atoms with E-state index in [-0.39, 0.29) is 15.6 Å². The van der Waals surface area contributed by atoms with Gasteiger partial charge in [-0.15, -0.1) is 0 Å². The SMILES string of the molecule is CN(C)S(=O)(=O)c1cc(NC(=O)COC(=O)/C=C/c2cccc(Cl)c2)ccc1Cl. The van der Waals surface area contributed by atoms with Crippen LogP contribution in [-0.4, -0.2) is 45.3 Å². The Morgan fingerprint density at radius 3 is 2.52 bits per heavy atom. The Bertz CT molecular complexity index is 1050. The van der Waals surface area contributed by atoms with Crippen LogP contribution in [0.4, 0.5) is 5.69 Å². The van der Waals surface area contributed by atoms with E-state index in [1.165, 1.54) is 44.4 Å². The van der Waals surface area contributed by atoms with Gasteiger partial charge in [-0.3, -0.25) is 4.79 Å². The van der Waals surface area contributed by atoms with Crippen molar-refractivity contribution in [1.82, 2.24) is 4.31 Å². The van der Waals surface area contributed by atoms with Crippen molar-refractivity contribution >= 4 is 56.9 Å². The maximum Gasteiger partial charge on any atom is 0.331 e. The molecule has 29 heavy (non-hydrogen) atoms. The summed E-state index contributed by atoms with van der Waals surface area (Å²) in [6.45, 7) is -0.545. The Labute approximate surface area is 178 Å². The van der Waals surface area contributed by atoms with E-state index in [0.717, 1.165) is 4.31 Å². The van der Waals surface area contributed by atoms with E-state index in [2.05, 4.69) is 5.32 Å². The number of nitrogens with one attached hydrogen (secondary N) is 1. The number of ether oxygens (including phenoxy) is 1. The highest BCUT2D eigenvalue weighted by molar-refractivity contribution is 7.89. The van der Waals surface area contributed by atoms with Crippen LogP contribution >= 0.6 is 23.2 Å². The predicted molar refractivity (Wildman–Crippen MR) is 112 cm³/mol. The molecule has 0 spiro atoms. The molecule has 0 saturated heterocycles. The van der Waals surface area contributed by atoms with Crippen LogP contribution in [0.5, 0.6) is 0 Å². The zero-order valence-electron chi connectivity index (χ0n) is 15.6. The van der Waals surface area contributed by atoms with Crippen molar-refractivity contribution in [1.29, 1.82) is 0 Å². The maximum absolute atomic E-state index is 12.3. The molecule has 0 aliphatic rings. The van der Waals surface area contributed by atoms with Crippen molar-refractivity contribution in [3.05, 3.63) is 64.1 Å². The van der Waals surface area contributed by atoms with E-state index in [0.29, 0.717) is 10.6 Å². The molecule has 2 aromatic rings. The summed E-state index contributed by atoms with van der Waals surface area (Å²) in [6, 6.07) is 10.9. The molecular formula is C19H18Cl2N2O5S. The highest BCUT2D eigenvalue weighted by Crippen LogP contribution is 2.26. The van der Waals surface area contributed by atoms with Gasteiger partial charge in [0.25, 0.3) is 5.91 Å². The van der Waals surface area contributed by atoms with Crippen LogP contribution in [0.15, 0.2) is 53.4 Å². The molecule has 10 heteroatoms. The highest BCUT2D eigenvalue weighted by Gasteiger charge is 2.21. The maximum atomic E-state index is 12.3. The van der Waals surface area contributed by atoms with Gasteiger partial charge in [-0.1, -0.05) is 35.3 Å². The fourth-order valence-electron chi connectivity index (χ4n) is 2.13. The summed E-state index contributed by atoms with van der Waals surface area (Å²) in [5.74, 6) is -1.35. The van der Waals surface area contributed by atoms with E-state index in [1.54, 1.807) is 24.3 Å². The van der Waals surface area contributed by atoms with Crippen LogP contribution in [-0.2, 0) is 24.3 Å². The Kier molecular flexibility index (Phi) is 7.80. The van der Waals surface area contributed by atoms with Gasteiger partial charge in [0.2, 0.25) is 10.0 Å². The molecule has 7 nitrogen and oxygen atoms in total.